The summed E-state index contributed by atoms with van der Waals surface area (Å²) >= 11 is 3.03. The minimum atomic E-state index is -0.340. The second kappa shape index (κ2) is 8.48. The van der Waals surface area contributed by atoms with Gasteiger partial charge in [-0.05, 0) is 41.7 Å². The van der Waals surface area contributed by atoms with Crippen molar-refractivity contribution < 1.29 is 18.6 Å². The Morgan fingerprint density at radius 1 is 0.968 bits per heavy atom. The molecule has 1 atom stereocenters. The smallest absolute Gasteiger partial charge is 0.273 e. The van der Waals surface area contributed by atoms with E-state index in [2.05, 4.69) is 20.9 Å². The van der Waals surface area contributed by atoms with Crippen LogP contribution < -0.4 is 10.6 Å². The monoisotopic (exact) mass is 454 g/mol. The Morgan fingerprint density at radius 2 is 1.55 bits per heavy atom. The molecule has 0 aliphatic heterocycles. The molecule has 2 N–H and O–H groups in total. The first-order chi connectivity index (χ1) is 15.2. The number of nitrogens with one attached hydrogen (secondary N) is 2. The van der Waals surface area contributed by atoms with E-state index < -0.39 is 0 Å². The van der Waals surface area contributed by atoms with Crippen LogP contribution in [0.4, 0.5) is 0 Å². The molecular weight excluding hydrogens is 436 g/mol. The molecule has 1 saturated carbocycles. The summed E-state index contributed by atoms with van der Waals surface area (Å²) in [6.45, 7) is 0.298. The van der Waals surface area contributed by atoms with Crippen LogP contribution in [-0.4, -0.2) is 34.7 Å². The maximum Gasteiger partial charge on any atom is 0.273 e. The highest BCUT2D eigenvalue weighted by Gasteiger charge is 2.33. The number of carbonyl (C=O) groups is 2. The van der Waals surface area contributed by atoms with Crippen molar-refractivity contribution in [2.45, 2.75) is 18.9 Å². The minimum absolute atomic E-state index is 0.193. The molecule has 1 fully saturated rings. The van der Waals surface area contributed by atoms with Crippen molar-refractivity contribution in [2.75, 3.05) is 6.54 Å². The third-order valence-corrected chi connectivity index (χ3v) is 6.77. The Hall–Kier alpha value is -3.24. The van der Waals surface area contributed by atoms with Crippen LogP contribution in [0.3, 0.4) is 0 Å². The standard InChI is InChI=1S/C21H18N4O4S2/c26-20(13-9-16(28-24-13)18-3-1-7-30-18)22-11-15(12-5-6-12)23-21(27)14-10-17(29-25-14)19-4-2-8-31-19/h1-4,7-10,12,15H,5-6,11H2,(H,22,26)(H,23,27). The van der Waals surface area contributed by atoms with Crippen LogP contribution in [0, 0.1) is 5.92 Å². The molecule has 4 aromatic heterocycles. The summed E-state index contributed by atoms with van der Waals surface area (Å²) in [5.41, 5.74) is 0.429. The van der Waals surface area contributed by atoms with Gasteiger partial charge in [-0.1, -0.05) is 22.4 Å². The molecule has 0 radical (unpaired) electrons. The normalized spacial score (nSPS) is 14.3. The molecule has 1 aliphatic rings. The molecule has 4 heterocycles. The molecule has 5 rings (SSSR count). The summed E-state index contributed by atoms with van der Waals surface area (Å²) in [6, 6.07) is 10.7. The van der Waals surface area contributed by atoms with E-state index in [1.54, 1.807) is 12.1 Å². The number of carbonyl (C=O) groups excluding carboxylic acids is 2. The highest BCUT2D eigenvalue weighted by molar-refractivity contribution is 7.13. The summed E-state index contributed by atoms with van der Waals surface area (Å²) in [7, 11) is 0. The Bertz CT molecular complexity index is 1180. The van der Waals surface area contributed by atoms with Gasteiger partial charge in [0.05, 0.1) is 9.75 Å². The van der Waals surface area contributed by atoms with Crippen LogP contribution in [0.15, 0.2) is 56.2 Å². The fraction of sp³-hybridized carbons (Fsp3) is 0.238. The van der Waals surface area contributed by atoms with Crippen molar-refractivity contribution in [3.8, 4) is 21.3 Å². The molecule has 10 heteroatoms. The highest BCUT2D eigenvalue weighted by atomic mass is 32.1. The number of aromatic nitrogens is 2. The predicted octanol–water partition coefficient (Wildman–Crippen LogP) is 4.06. The third-order valence-electron chi connectivity index (χ3n) is 5.00. The van der Waals surface area contributed by atoms with E-state index in [1.165, 1.54) is 22.7 Å². The minimum Gasteiger partial charge on any atom is -0.355 e. The van der Waals surface area contributed by atoms with Crippen LogP contribution in [0.1, 0.15) is 33.8 Å². The molecular formula is C21H18N4O4S2. The van der Waals surface area contributed by atoms with Gasteiger partial charge in [0, 0.05) is 24.7 Å². The first-order valence-electron chi connectivity index (χ1n) is 9.77. The molecule has 158 valence electrons. The molecule has 2 amide bonds. The van der Waals surface area contributed by atoms with E-state index in [-0.39, 0.29) is 29.2 Å². The molecule has 4 aromatic rings. The number of amides is 2. The number of hydrogen-bond acceptors (Lipinski definition) is 8. The summed E-state index contributed by atoms with van der Waals surface area (Å²) in [6.07, 6.45) is 2.01. The predicted molar refractivity (Wildman–Crippen MR) is 116 cm³/mol. The lowest BCUT2D eigenvalue weighted by atomic mass is 10.1. The molecule has 0 spiro atoms. The van der Waals surface area contributed by atoms with Crippen molar-refractivity contribution in [3.05, 3.63) is 58.5 Å². The lowest BCUT2D eigenvalue weighted by molar-refractivity contribution is 0.0894. The van der Waals surface area contributed by atoms with Crippen molar-refractivity contribution in [3.63, 3.8) is 0 Å². The van der Waals surface area contributed by atoms with Crippen molar-refractivity contribution >= 4 is 34.5 Å². The SMILES string of the molecule is O=C(NCC(NC(=O)c1cc(-c2cccs2)on1)C1CC1)c1cc(-c2cccs2)on1. The first kappa shape index (κ1) is 19.7. The highest BCUT2D eigenvalue weighted by Crippen LogP contribution is 2.33. The van der Waals surface area contributed by atoms with E-state index in [4.69, 9.17) is 9.05 Å². The van der Waals surface area contributed by atoms with Crippen LogP contribution in [-0.2, 0) is 0 Å². The number of thiophene rings is 2. The van der Waals surface area contributed by atoms with Crippen LogP contribution in [0.25, 0.3) is 21.3 Å². The molecule has 0 saturated heterocycles. The fourth-order valence-electron chi connectivity index (χ4n) is 3.20. The Kier molecular flexibility index (Phi) is 5.39. The lowest BCUT2D eigenvalue weighted by Gasteiger charge is -2.17. The summed E-state index contributed by atoms with van der Waals surface area (Å²) < 4.78 is 10.6. The molecule has 31 heavy (non-hydrogen) atoms. The molecule has 0 bridgehead atoms. The van der Waals surface area contributed by atoms with E-state index in [0.717, 1.165) is 22.6 Å². The fourth-order valence-corrected chi connectivity index (χ4v) is 4.55. The Balaban J connectivity index is 1.20. The lowest BCUT2D eigenvalue weighted by Crippen LogP contribution is -2.45. The van der Waals surface area contributed by atoms with Gasteiger partial charge in [0.1, 0.15) is 0 Å². The van der Waals surface area contributed by atoms with Crippen molar-refractivity contribution in [2.24, 2.45) is 5.92 Å². The van der Waals surface area contributed by atoms with Crippen LogP contribution in [0.2, 0.25) is 0 Å². The Labute approximate surface area is 185 Å². The zero-order valence-corrected chi connectivity index (χ0v) is 17.9. The van der Waals surface area contributed by atoms with Crippen molar-refractivity contribution in [1.82, 2.24) is 20.9 Å². The zero-order valence-electron chi connectivity index (χ0n) is 16.2. The van der Waals surface area contributed by atoms with Gasteiger partial charge in [0.15, 0.2) is 22.9 Å². The largest absolute Gasteiger partial charge is 0.355 e. The maximum absolute atomic E-state index is 12.7. The first-order valence-corrected chi connectivity index (χ1v) is 11.5. The second-order valence-electron chi connectivity index (χ2n) is 7.23. The third kappa shape index (κ3) is 4.44. The van der Waals surface area contributed by atoms with Gasteiger partial charge in [0.2, 0.25) is 0 Å². The van der Waals surface area contributed by atoms with Gasteiger partial charge in [0.25, 0.3) is 11.8 Å². The molecule has 1 aliphatic carbocycles. The molecule has 1 unspecified atom stereocenters. The number of nitrogens with zero attached hydrogens (tertiary/aromatic N) is 2. The number of rotatable bonds is 8. The van der Waals surface area contributed by atoms with Gasteiger partial charge < -0.3 is 19.7 Å². The summed E-state index contributed by atoms with van der Waals surface area (Å²) in [4.78, 5) is 27.0. The molecule has 0 aromatic carbocycles. The van der Waals surface area contributed by atoms with E-state index in [1.807, 2.05) is 35.0 Å². The van der Waals surface area contributed by atoms with Crippen LogP contribution >= 0.6 is 22.7 Å². The average Bonchev–Trinajstić information content (AvgIpc) is 3.32. The van der Waals surface area contributed by atoms with E-state index in [0.29, 0.717) is 24.0 Å². The van der Waals surface area contributed by atoms with Gasteiger partial charge >= 0.3 is 0 Å². The van der Waals surface area contributed by atoms with Crippen LogP contribution in [0.5, 0.6) is 0 Å². The topological polar surface area (TPSA) is 110 Å². The van der Waals surface area contributed by atoms with Gasteiger partial charge in [-0.25, -0.2) is 0 Å². The quantitative estimate of drug-likeness (QED) is 0.415. The average molecular weight is 455 g/mol. The zero-order chi connectivity index (χ0) is 21.2. The van der Waals surface area contributed by atoms with E-state index >= 15 is 0 Å². The van der Waals surface area contributed by atoms with Crippen molar-refractivity contribution in [1.29, 1.82) is 0 Å². The maximum atomic E-state index is 12.7. The van der Waals surface area contributed by atoms with Gasteiger partial charge in [-0.15, -0.1) is 22.7 Å². The van der Waals surface area contributed by atoms with E-state index in [9.17, 15) is 9.59 Å². The van der Waals surface area contributed by atoms with Gasteiger partial charge in [-0.3, -0.25) is 9.59 Å². The summed E-state index contributed by atoms with van der Waals surface area (Å²) in [5.74, 6) is 0.780. The Morgan fingerprint density at radius 3 is 2.06 bits per heavy atom. The van der Waals surface area contributed by atoms with Gasteiger partial charge in [-0.2, -0.15) is 0 Å². The number of hydrogen-bond donors (Lipinski definition) is 2. The molecule has 8 nitrogen and oxygen atoms in total. The summed E-state index contributed by atoms with van der Waals surface area (Å²) in [5, 5.41) is 17.4. The second-order valence-corrected chi connectivity index (χ2v) is 9.13.